The highest BCUT2D eigenvalue weighted by Gasteiger charge is 2.32. The molecule has 2 heterocycles. The second kappa shape index (κ2) is 7.37. The van der Waals surface area contributed by atoms with Gasteiger partial charge in [0.1, 0.15) is 5.56 Å². The number of fused-ring (bicyclic) bond motifs is 1. The number of carbonyl (C=O) groups is 1. The molecule has 3 rings (SSSR count). The molecule has 0 aromatic carbocycles. The zero-order valence-corrected chi connectivity index (χ0v) is 19.5. The number of anilines is 1. The minimum atomic E-state index is -0.147. The Hall–Kier alpha value is -1.98. The van der Waals surface area contributed by atoms with Crippen molar-refractivity contribution in [1.82, 2.24) is 19.9 Å². The summed E-state index contributed by atoms with van der Waals surface area (Å²) in [7, 11) is 0. The topological polar surface area (TPSA) is 74.2 Å². The molecule has 2 aromatic heterocycles. The Labute approximate surface area is 175 Å². The van der Waals surface area contributed by atoms with E-state index in [1.165, 1.54) is 12.8 Å². The van der Waals surface area contributed by atoms with E-state index < -0.39 is 0 Å². The monoisotopic (exact) mass is 401 g/mol. The maximum absolute atomic E-state index is 12.9. The molecule has 1 saturated carbocycles. The fourth-order valence-corrected chi connectivity index (χ4v) is 4.75. The van der Waals surface area contributed by atoms with Crippen molar-refractivity contribution < 1.29 is 4.79 Å². The largest absolute Gasteiger partial charge is 0.364 e. The van der Waals surface area contributed by atoms with Gasteiger partial charge in [0, 0.05) is 23.2 Å². The summed E-state index contributed by atoms with van der Waals surface area (Å²) >= 11 is 0. The zero-order valence-electron chi connectivity index (χ0n) is 19.5. The molecule has 6 nitrogen and oxygen atoms in total. The van der Waals surface area contributed by atoms with Crippen LogP contribution in [0.5, 0.6) is 0 Å². The molecule has 3 N–H and O–H groups in total. The van der Waals surface area contributed by atoms with Crippen LogP contribution in [0.2, 0.25) is 0 Å². The molecule has 1 fully saturated rings. The van der Waals surface area contributed by atoms with Crippen molar-refractivity contribution in [1.29, 1.82) is 0 Å². The van der Waals surface area contributed by atoms with E-state index >= 15 is 0 Å². The number of rotatable bonds is 5. The molecule has 0 unspecified atom stereocenters. The van der Waals surface area contributed by atoms with Crippen molar-refractivity contribution in [2.24, 2.45) is 5.41 Å². The number of nitrogens with zero attached hydrogens (tertiary/aromatic N) is 2. The van der Waals surface area contributed by atoms with Crippen molar-refractivity contribution in [3.05, 3.63) is 17.5 Å². The standard InChI is InChI=1S/C23H39N5O/c1-21(2,3)14-23(7,8)27-19-17(22(4,5)6)26-18-16(13-24-28(18)19)20(29)25-15-11-9-10-12-15/h13,15,24,27H,9-12,14H2,1-8H3,(H,25,29). The van der Waals surface area contributed by atoms with E-state index in [-0.39, 0.29) is 28.3 Å². The third-order valence-electron chi connectivity index (χ3n) is 5.53. The first-order chi connectivity index (χ1) is 13.3. The Balaban J connectivity index is 1.98. The lowest BCUT2D eigenvalue weighted by molar-refractivity contribution is 0.0939. The summed E-state index contributed by atoms with van der Waals surface area (Å²) in [5.74, 6) is 0.913. The van der Waals surface area contributed by atoms with Crippen molar-refractivity contribution in [2.45, 2.75) is 104 Å². The van der Waals surface area contributed by atoms with Crippen LogP contribution >= 0.6 is 0 Å². The van der Waals surface area contributed by atoms with Crippen LogP contribution in [-0.2, 0) is 5.41 Å². The number of H-pyrrole nitrogens is 1. The predicted octanol–water partition coefficient (Wildman–Crippen LogP) is 5.26. The fraction of sp³-hybridized carbons (Fsp3) is 0.739. The second-order valence-electron chi connectivity index (χ2n) is 11.6. The first-order valence-corrected chi connectivity index (χ1v) is 11.0. The molecule has 29 heavy (non-hydrogen) atoms. The Bertz CT molecular complexity index is 870. The van der Waals surface area contributed by atoms with Crippen LogP contribution in [0.4, 0.5) is 5.82 Å². The molecule has 162 valence electrons. The van der Waals surface area contributed by atoms with E-state index in [2.05, 4.69) is 71.1 Å². The highest BCUT2D eigenvalue weighted by molar-refractivity contribution is 6.00. The molecule has 1 aliphatic carbocycles. The summed E-state index contributed by atoms with van der Waals surface area (Å²) in [6, 6.07) is 0.290. The summed E-state index contributed by atoms with van der Waals surface area (Å²) in [5, 5.41) is 10.2. The minimum absolute atomic E-state index is 0.0332. The van der Waals surface area contributed by atoms with E-state index in [0.717, 1.165) is 30.8 Å². The van der Waals surface area contributed by atoms with Crippen LogP contribution in [0.15, 0.2) is 6.20 Å². The molecule has 1 aliphatic rings. The molecule has 0 radical (unpaired) electrons. The average Bonchev–Trinajstić information content (AvgIpc) is 3.21. The minimum Gasteiger partial charge on any atom is -0.364 e. The number of amides is 1. The molecular weight excluding hydrogens is 362 g/mol. The molecule has 0 spiro atoms. The molecular formula is C23H39N5O. The molecule has 2 aromatic rings. The van der Waals surface area contributed by atoms with Gasteiger partial charge in [0.25, 0.3) is 5.91 Å². The predicted molar refractivity (Wildman–Crippen MR) is 120 cm³/mol. The fourth-order valence-electron chi connectivity index (χ4n) is 4.75. The lowest BCUT2D eigenvalue weighted by atomic mass is 9.81. The van der Waals surface area contributed by atoms with Crippen LogP contribution in [0.1, 0.15) is 104 Å². The van der Waals surface area contributed by atoms with Crippen LogP contribution in [0.3, 0.4) is 0 Å². The highest BCUT2D eigenvalue weighted by Crippen LogP contribution is 2.35. The van der Waals surface area contributed by atoms with Gasteiger partial charge in [-0.15, -0.1) is 0 Å². The van der Waals surface area contributed by atoms with Gasteiger partial charge in [-0.1, -0.05) is 54.4 Å². The summed E-state index contributed by atoms with van der Waals surface area (Å²) in [6.07, 6.45) is 7.32. The van der Waals surface area contributed by atoms with Gasteiger partial charge >= 0.3 is 0 Å². The van der Waals surface area contributed by atoms with Gasteiger partial charge in [-0.2, -0.15) is 0 Å². The normalized spacial score (nSPS) is 16.6. The highest BCUT2D eigenvalue weighted by atomic mass is 16.1. The summed E-state index contributed by atoms with van der Waals surface area (Å²) in [5.41, 5.74) is 2.21. The van der Waals surface area contributed by atoms with Crippen LogP contribution < -0.4 is 10.6 Å². The van der Waals surface area contributed by atoms with Gasteiger partial charge < -0.3 is 10.6 Å². The Kier molecular flexibility index (Phi) is 5.52. The average molecular weight is 402 g/mol. The van der Waals surface area contributed by atoms with E-state index in [4.69, 9.17) is 4.98 Å². The summed E-state index contributed by atoms with van der Waals surface area (Å²) < 4.78 is 1.94. The molecule has 0 aliphatic heterocycles. The van der Waals surface area contributed by atoms with E-state index in [9.17, 15) is 4.79 Å². The lowest BCUT2D eigenvalue weighted by Crippen LogP contribution is -2.36. The molecule has 1 amide bonds. The van der Waals surface area contributed by atoms with Gasteiger partial charge in [-0.3, -0.25) is 9.89 Å². The number of imidazole rings is 1. The van der Waals surface area contributed by atoms with Crippen LogP contribution in [0.25, 0.3) is 5.65 Å². The van der Waals surface area contributed by atoms with E-state index in [1.807, 2.05) is 4.52 Å². The zero-order chi connectivity index (χ0) is 21.6. The van der Waals surface area contributed by atoms with Gasteiger partial charge in [0.15, 0.2) is 11.5 Å². The molecule has 0 bridgehead atoms. The number of aromatic nitrogens is 3. The Morgan fingerprint density at radius 2 is 1.76 bits per heavy atom. The number of aromatic amines is 1. The van der Waals surface area contributed by atoms with Gasteiger partial charge in [0.2, 0.25) is 0 Å². The SMILES string of the molecule is CC(C)(C)CC(C)(C)Nc1c(C(C)(C)C)nc2c(C(=O)NC3CCCC3)c[nH]n12. The summed E-state index contributed by atoms with van der Waals surface area (Å²) in [4.78, 5) is 17.8. The van der Waals surface area contributed by atoms with Gasteiger partial charge in [-0.05, 0) is 38.5 Å². The van der Waals surface area contributed by atoms with Crippen LogP contribution in [0, 0.1) is 5.41 Å². The number of hydrogen-bond donors (Lipinski definition) is 3. The third-order valence-corrected chi connectivity index (χ3v) is 5.53. The molecule has 0 atom stereocenters. The van der Waals surface area contributed by atoms with E-state index in [1.54, 1.807) is 6.20 Å². The lowest BCUT2D eigenvalue weighted by Gasteiger charge is -2.34. The van der Waals surface area contributed by atoms with Crippen molar-refractivity contribution in [3.63, 3.8) is 0 Å². The quantitative estimate of drug-likeness (QED) is 0.640. The Morgan fingerprint density at radius 1 is 1.14 bits per heavy atom. The van der Waals surface area contributed by atoms with Crippen LogP contribution in [-0.4, -0.2) is 32.1 Å². The Morgan fingerprint density at radius 3 is 2.31 bits per heavy atom. The summed E-state index contributed by atoms with van der Waals surface area (Å²) in [6.45, 7) is 17.7. The first kappa shape index (κ1) is 21.7. The van der Waals surface area contributed by atoms with Gasteiger partial charge in [0.05, 0.1) is 5.69 Å². The third kappa shape index (κ3) is 4.96. The molecule has 0 saturated heterocycles. The smallest absolute Gasteiger partial charge is 0.256 e. The van der Waals surface area contributed by atoms with Gasteiger partial charge in [-0.25, -0.2) is 9.50 Å². The van der Waals surface area contributed by atoms with Crippen molar-refractivity contribution >= 4 is 17.4 Å². The van der Waals surface area contributed by atoms with Crippen molar-refractivity contribution in [3.8, 4) is 0 Å². The first-order valence-electron chi connectivity index (χ1n) is 11.0. The molecule has 6 heteroatoms. The number of carbonyl (C=O) groups excluding carboxylic acids is 1. The van der Waals surface area contributed by atoms with E-state index in [0.29, 0.717) is 11.2 Å². The van der Waals surface area contributed by atoms with Crippen molar-refractivity contribution in [2.75, 3.05) is 5.32 Å². The second-order valence-corrected chi connectivity index (χ2v) is 11.6. The maximum atomic E-state index is 12.9. The number of hydrogen-bond acceptors (Lipinski definition) is 3. The number of nitrogens with one attached hydrogen (secondary N) is 3. The maximum Gasteiger partial charge on any atom is 0.256 e.